The minimum absolute atomic E-state index is 0.0465. The molecule has 1 fully saturated rings. The standard InChI is InChI=1S/C27H31N3O2/c1-19-10-6-7-12-21(19)17-30-25(31)24-16-20-11-8-9-15-23(20)29(24)18-27(30,2)26(32)28-22-13-4-3-5-14-22/h6-12,15-16,22H,3-5,13-14,17-18H2,1-2H3,(H,28,32)/t27-/m1/s1. The monoisotopic (exact) mass is 429 g/mol. The second-order valence-electron chi connectivity index (χ2n) is 9.57. The second kappa shape index (κ2) is 8.12. The molecule has 166 valence electrons. The van der Waals surface area contributed by atoms with Crippen LogP contribution in [0.3, 0.4) is 0 Å². The number of nitrogens with one attached hydrogen (secondary N) is 1. The van der Waals surface area contributed by atoms with E-state index in [-0.39, 0.29) is 17.9 Å². The molecule has 0 spiro atoms. The van der Waals surface area contributed by atoms with Gasteiger partial charge in [0.2, 0.25) is 5.91 Å². The molecule has 1 atom stereocenters. The average molecular weight is 430 g/mol. The summed E-state index contributed by atoms with van der Waals surface area (Å²) in [6.07, 6.45) is 5.58. The Morgan fingerprint density at radius 3 is 2.56 bits per heavy atom. The summed E-state index contributed by atoms with van der Waals surface area (Å²) in [4.78, 5) is 29.4. The van der Waals surface area contributed by atoms with Crippen LogP contribution in [0.25, 0.3) is 10.9 Å². The minimum Gasteiger partial charge on any atom is -0.351 e. The molecule has 1 aromatic heterocycles. The highest BCUT2D eigenvalue weighted by Gasteiger charge is 2.48. The quantitative estimate of drug-likeness (QED) is 0.647. The fourth-order valence-electron chi connectivity index (χ4n) is 5.30. The van der Waals surface area contributed by atoms with Gasteiger partial charge in [-0.25, -0.2) is 0 Å². The van der Waals surface area contributed by atoms with Crippen molar-refractivity contribution >= 4 is 22.7 Å². The largest absolute Gasteiger partial charge is 0.351 e. The Balaban J connectivity index is 1.56. The number of hydrogen-bond donors (Lipinski definition) is 1. The third-order valence-corrected chi connectivity index (χ3v) is 7.36. The molecule has 2 aliphatic rings. The van der Waals surface area contributed by atoms with Crippen LogP contribution in [-0.2, 0) is 17.9 Å². The number of rotatable bonds is 4. The lowest BCUT2D eigenvalue weighted by Gasteiger charge is -2.45. The van der Waals surface area contributed by atoms with Crippen molar-refractivity contribution in [3.8, 4) is 0 Å². The zero-order chi connectivity index (χ0) is 22.3. The maximum absolute atomic E-state index is 13.8. The molecule has 32 heavy (non-hydrogen) atoms. The number of hydrogen-bond acceptors (Lipinski definition) is 2. The first-order valence-electron chi connectivity index (χ1n) is 11.7. The first-order chi connectivity index (χ1) is 15.5. The van der Waals surface area contributed by atoms with E-state index in [2.05, 4.69) is 18.3 Å². The van der Waals surface area contributed by atoms with E-state index in [9.17, 15) is 9.59 Å². The molecule has 1 aliphatic carbocycles. The highest BCUT2D eigenvalue weighted by Crippen LogP contribution is 2.34. The zero-order valence-electron chi connectivity index (χ0n) is 18.9. The molecular weight excluding hydrogens is 398 g/mol. The van der Waals surface area contributed by atoms with Crippen LogP contribution in [-0.4, -0.2) is 32.9 Å². The maximum Gasteiger partial charge on any atom is 0.271 e. The van der Waals surface area contributed by atoms with Gasteiger partial charge in [0.15, 0.2) is 0 Å². The number of fused-ring (bicyclic) bond motifs is 3. The molecule has 2 aromatic carbocycles. The van der Waals surface area contributed by atoms with E-state index in [1.807, 2.05) is 60.0 Å². The fraction of sp³-hybridized carbons (Fsp3) is 0.407. The van der Waals surface area contributed by atoms with Crippen LogP contribution in [0.15, 0.2) is 54.6 Å². The third-order valence-electron chi connectivity index (χ3n) is 7.36. The molecule has 1 aliphatic heterocycles. The number of carbonyl (C=O) groups is 2. The molecule has 3 aromatic rings. The van der Waals surface area contributed by atoms with Crippen molar-refractivity contribution in [1.82, 2.24) is 14.8 Å². The summed E-state index contributed by atoms with van der Waals surface area (Å²) in [6.45, 7) is 4.85. The molecule has 5 heteroatoms. The zero-order valence-corrected chi connectivity index (χ0v) is 18.9. The lowest BCUT2D eigenvalue weighted by Crippen LogP contribution is -2.64. The molecule has 0 bridgehead atoms. The third kappa shape index (κ3) is 3.50. The van der Waals surface area contributed by atoms with E-state index in [1.54, 1.807) is 4.90 Å². The van der Waals surface area contributed by atoms with Crippen LogP contribution >= 0.6 is 0 Å². The Morgan fingerprint density at radius 2 is 1.78 bits per heavy atom. The van der Waals surface area contributed by atoms with Crippen molar-refractivity contribution in [1.29, 1.82) is 0 Å². The highest BCUT2D eigenvalue weighted by atomic mass is 16.2. The van der Waals surface area contributed by atoms with Crippen molar-refractivity contribution < 1.29 is 9.59 Å². The number of para-hydroxylation sites is 1. The van der Waals surface area contributed by atoms with E-state index in [4.69, 9.17) is 0 Å². The van der Waals surface area contributed by atoms with Crippen LogP contribution in [0.2, 0.25) is 0 Å². The van der Waals surface area contributed by atoms with Gasteiger partial charge in [0, 0.05) is 23.5 Å². The predicted molar refractivity (Wildman–Crippen MR) is 126 cm³/mol. The fourth-order valence-corrected chi connectivity index (χ4v) is 5.30. The topological polar surface area (TPSA) is 54.3 Å². The normalized spacial score (nSPS) is 21.6. The van der Waals surface area contributed by atoms with Crippen LogP contribution < -0.4 is 5.32 Å². The molecule has 2 amide bonds. The van der Waals surface area contributed by atoms with Gasteiger partial charge in [0.05, 0.1) is 6.54 Å². The molecule has 5 nitrogen and oxygen atoms in total. The van der Waals surface area contributed by atoms with Gasteiger partial charge in [-0.15, -0.1) is 0 Å². The minimum atomic E-state index is -0.967. The highest BCUT2D eigenvalue weighted by molar-refractivity contribution is 6.03. The predicted octanol–water partition coefficient (Wildman–Crippen LogP) is 4.81. The van der Waals surface area contributed by atoms with Gasteiger partial charge in [0.1, 0.15) is 11.2 Å². The van der Waals surface area contributed by atoms with E-state index in [0.29, 0.717) is 18.8 Å². The Bertz CT molecular complexity index is 1170. The van der Waals surface area contributed by atoms with E-state index in [1.165, 1.54) is 6.42 Å². The number of aryl methyl sites for hydroxylation is 1. The van der Waals surface area contributed by atoms with Gasteiger partial charge in [-0.2, -0.15) is 0 Å². The molecule has 5 rings (SSSR count). The molecule has 0 radical (unpaired) electrons. The van der Waals surface area contributed by atoms with Crippen molar-refractivity contribution in [3.63, 3.8) is 0 Å². The van der Waals surface area contributed by atoms with Gasteiger partial charge < -0.3 is 14.8 Å². The number of benzene rings is 2. The summed E-state index contributed by atoms with van der Waals surface area (Å²) >= 11 is 0. The molecule has 1 saturated carbocycles. The van der Waals surface area contributed by atoms with Crippen LogP contribution in [0, 0.1) is 6.92 Å². The molecule has 0 saturated heterocycles. The van der Waals surface area contributed by atoms with Crippen molar-refractivity contribution in [2.45, 2.75) is 70.6 Å². The second-order valence-corrected chi connectivity index (χ2v) is 9.57. The molecule has 1 N–H and O–H groups in total. The number of nitrogens with zero attached hydrogens (tertiary/aromatic N) is 2. The van der Waals surface area contributed by atoms with E-state index in [0.717, 1.165) is 47.7 Å². The van der Waals surface area contributed by atoms with Gasteiger partial charge in [-0.1, -0.05) is 61.7 Å². The van der Waals surface area contributed by atoms with Crippen molar-refractivity contribution in [2.24, 2.45) is 0 Å². The summed E-state index contributed by atoms with van der Waals surface area (Å²) in [6, 6.07) is 18.3. The summed E-state index contributed by atoms with van der Waals surface area (Å²) < 4.78 is 2.03. The summed E-state index contributed by atoms with van der Waals surface area (Å²) in [5.74, 6) is -0.133. The summed E-state index contributed by atoms with van der Waals surface area (Å²) in [5.41, 5.74) is 2.89. The smallest absolute Gasteiger partial charge is 0.271 e. The van der Waals surface area contributed by atoms with Gasteiger partial charge in [-0.3, -0.25) is 9.59 Å². The summed E-state index contributed by atoms with van der Waals surface area (Å²) in [7, 11) is 0. The van der Waals surface area contributed by atoms with Crippen LogP contribution in [0.5, 0.6) is 0 Å². The van der Waals surface area contributed by atoms with Crippen molar-refractivity contribution in [3.05, 3.63) is 71.4 Å². The maximum atomic E-state index is 13.8. The lowest BCUT2D eigenvalue weighted by atomic mass is 9.90. The van der Waals surface area contributed by atoms with Gasteiger partial charge in [-0.05, 0) is 49.9 Å². The van der Waals surface area contributed by atoms with Gasteiger partial charge in [0.25, 0.3) is 5.91 Å². The Labute approximate surface area is 189 Å². The van der Waals surface area contributed by atoms with Crippen LogP contribution in [0.4, 0.5) is 0 Å². The number of aromatic nitrogens is 1. The average Bonchev–Trinajstić information content (AvgIpc) is 3.17. The lowest BCUT2D eigenvalue weighted by molar-refractivity contribution is -0.134. The first-order valence-corrected chi connectivity index (χ1v) is 11.7. The van der Waals surface area contributed by atoms with Crippen LogP contribution in [0.1, 0.15) is 60.6 Å². The van der Waals surface area contributed by atoms with E-state index < -0.39 is 5.54 Å². The molecular formula is C27H31N3O2. The van der Waals surface area contributed by atoms with E-state index >= 15 is 0 Å². The van der Waals surface area contributed by atoms with Gasteiger partial charge >= 0.3 is 0 Å². The number of carbonyl (C=O) groups excluding carboxylic acids is 2. The molecule has 2 heterocycles. The van der Waals surface area contributed by atoms with Crippen molar-refractivity contribution in [2.75, 3.05) is 0 Å². The Kier molecular flexibility index (Phi) is 5.28. The number of amides is 2. The molecule has 0 unspecified atom stereocenters. The summed E-state index contributed by atoms with van der Waals surface area (Å²) in [5, 5.41) is 4.34. The first kappa shape index (κ1) is 20.8. The Morgan fingerprint density at radius 1 is 1.06 bits per heavy atom. The Hall–Kier alpha value is -3.08. The SMILES string of the molecule is Cc1ccccc1CN1C(=O)c2cc3ccccc3n2C[C@]1(C)C(=O)NC1CCCCC1.